The van der Waals surface area contributed by atoms with Crippen LogP contribution in [-0.4, -0.2) is 86.5 Å². The normalized spacial score (nSPS) is 14.3. The highest BCUT2D eigenvalue weighted by Gasteiger charge is 2.24. The Morgan fingerprint density at radius 3 is 2.48 bits per heavy atom. The first-order valence-corrected chi connectivity index (χ1v) is 14.4. The Labute approximate surface area is 232 Å². The van der Waals surface area contributed by atoms with Gasteiger partial charge in [0.2, 0.25) is 9.84 Å². The third-order valence-corrected chi connectivity index (χ3v) is 7.97. The predicted octanol–water partition coefficient (Wildman–Crippen LogP) is 2.81. The summed E-state index contributed by atoms with van der Waals surface area (Å²) in [4.78, 5) is 15.7. The van der Waals surface area contributed by atoms with Crippen LogP contribution in [0.1, 0.15) is 5.69 Å². The Morgan fingerprint density at radius 1 is 1.05 bits per heavy atom. The second kappa shape index (κ2) is 12.1. The second-order valence-electron chi connectivity index (χ2n) is 9.28. The number of imidazole rings is 1. The number of ether oxygens (including phenoxy) is 4. The van der Waals surface area contributed by atoms with E-state index in [1.54, 1.807) is 44.0 Å². The van der Waals surface area contributed by atoms with Gasteiger partial charge >= 0.3 is 0 Å². The lowest BCUT2D eigenvalue weighted by Gasteiger charge is -2.26. The van der Waals surface area contributed by atoms with Crippen molar-refractivity contribution in [2.45, 2.75) is 10.8 Å². The molecule has 2 aromatic carbocycles. The zero-order chi connectivity index (χ0) is 28.1. The quantitative estimate of drug-likeness (QED) is 0.287. The Bertz CT molecular complexity index is 1590. The molecule has 0 aliphatic carbocycles. The van der Waals surface area contributed by atoms with Crippen LogP contribution in [0.25, 0.3) is 11.0 Å². The molecule has 0 radical (unpaired) electrons. The lowest BCUT2D eigenvalue weighted by atomic mass is 10.2. The molecule has 212 valence electrons. The molecular weight excluding hydrogens is 536 g/mol. The van der Waals surface area contributed by atoms with Gasteiger partial charge in [0.1, 0.15) is 18.1 Å². The molecule has 1 saturated heterocycles. The van der Waals surface area contributed by atoms with Gasteiger partial charge in [-0.15, -0.1) is 0 Å². The Hall–Kier alpha value is -3.94. The SMILES string of the molecule is COc1cc(Nc2nc3ccccc3nc2CS(=O)(=O)c2cn(C)cn2)c(OCCN2CCOCC2)c(OC)c1. The number of fused-ring (bicyclic) bond motifs is 1. The number of anilines is 2. The number of nitrogens with one attached hydrogen (secondary N) is 1. The molecule has 0 spiro atoms. The molecular formula is C27H32N6O6S. The lowest BCUT2D eigenvalue weighted by molar-refractivity contribution is 0.0321. The number of rotatable bonds is 11. The van der Waals surface area contributed by atoms with Gasteiger partial charge in [0, 0.05) is 45.0 Å². The molecule has 40 heavy (non-hydrogen) atoms. The van der Waals surface area contributed by atoms with Crippen molar-refractivity contribution in [2.24, 2.45) is 7.05 Å². The lowest BCUT2D eigenvalue weighted by Crippen LogP contribution is -2.38. The van der Waals surface area contributed by atoms with Gasteiger partial charge in [-0.2, -0.15) is 0 Å². The predicted molar refractivity (Wildman–Crippen MR) is 149 cm³/mol. The Balaban J connectivity index is 1.51. The molecule has 12 nitrogen and oxygen atoms in total. The van der Waals surface area contributed by atoms with E-state index in [0.29, 0.717) is 60.3 Å². The highest BCUT2D eigenvalue weighted by molar-refractivity contribution is 7.90. The number of para-hydroxylation sites is 2. The summed E-state index contributed by atoms with van der Waals surface area (Å²) in [6, 6.07) is 10.8. The van der Waals surface area contributed by atoms with Crippen LogP contribution in [0, 0.1) is 0 Å². The summed E-state index contributed by atoms with van der Waals surface area (Å²) < 4.78 is 50.9. The van der Waals surface area contributed by atoms with Crippen molar-refractivity contribution in [3.8, 4) is 17.2 Å². The van der Waals surface area contributed by atoms with Gasteiger partial charge in [-0.25, -0.2) is 23.4 Å². The summed E-state index contributed by atoms with van der Waals surface area (Å²) in [5.74, 6) is 1.30. The van der Waals surface area contributed by atoms with Gasteiger partial charge in [-0.3, -0.25) is 4.90 Å². The van der Waals surface area contributed by atoms with E-state index >= 15 is 0 Å². The fraction of sp³-hybridized carbons (Fsp3) is 0.370. The van der Waals surface area contributed by atoms with Crippen LogP contribution in [-0.2, 0) is 27.4 Å². The van der Waals surface area contributed by atoms with Gasteiger partial charge in [0.25, 0.3) is 0 Å². The Kier molecular flexibility index (Phi) is 8.33. The minimum atomic E-state index is -3.81. The molecule has 1 aliphatic heterocycles. The second-order valence-corrected chi connectivity index (χ2v) is 11.2. The molecule has 0 bridgehead atoms. The fourth-order valence-corrected chi connectivity index (χ4v) is 5.60. The number of hydrogen-bond donors (Lipinski definition) is 1. The van der Waals surface area contributed by atoms with Gasteiger partial charge in [-0.05, 0) is 12.1 Å². The van der Waals surface area contributed by atoms with E-state index in [-0.39, 0.29) is 16.5 Å². The number of aromatic nitrogens is 4. The molecule has 13 heteroatoms. The van der Waals surface area contributed by atoms with Crippen LogP contribution in [0.4, 0.5) is 11.5 Å². The highest BCUT2D eigenvalue weighted by atomic mass is 32.2. The zero-order valence-electron chi connectivity index (χ0n) is 22.7. The summed E-state index contributed by atoms with van der Waals surface area (Å²) >= 11 is 0. The van der Waals surface area contributed by atoms with E-state index < -0.39 is 15.6 Å². The van der Waals surface area contributed by atoms with E-state index in [0.717, 1.165) is 13.1 Å². The van der Waals surface area contributed by atoms with E-state index in [4.69, 9.17) is 23.9 Å². The van der Waals surface area contributed by atoms with E-state index in [1.807, 2.05) is 18.2 Å². The van der Waals surface area contributed by atoms with Crippen molar-refractivity contribution in [1.82, 2.24) is 24.4 Å². The molecule has 1 N–H and O–H groups in total. The third-order valence-electron chi connectivity index (χ3n) is 6.46. The maximum atomic E-state index is 13.3. The smallest absolute Gasteiger partial charge is 0.202 e. The van der Waals surface area contributed by atoms with Crippen molar-refractivity contribution in [2.75, 3.05) is 59.0 Å². The first-order chi connectivity index (χ1) is 19.4. The summed E-state index contributed by atoms with van der Waals surface area (Å²) in [7, 11) is 1.01. The fourth-order valence-electron chi connectivity index (χ4n) is 4.36. The number of nitrogens with zero attached hydrogens (tertiary/aromatic N) is 5. The standard InChI is InChI=1S/C27H32N6O6S/c1-32-16-25(28-18-32)40(34,35)17-23-27(30-21-7-5-4-6-20(21)29-23)31-22-14-19(36-2)15-24(37-3)26(22)39-13-10-33-8-11-38-12-9-33/h4-7,14-16,18H,8-13,17H2,1-3H3,(H,30,31). The number of aryl methyl sites for hydroxylation is 1. The largest absolute Gasteiger partial charge is 0.497 e. The molecule has 5 rings (SSSR count). The van der Waals surface area contributed by atoms with Crippen LogP contribution in [0.3, 0.4) is 0 Å². The molecule has 3 heterocycles. The topological polar surface area (TPSA) is 130 Å². The molecule has 0 saturated carbocycles. The van der Waals surface area contributed by atoms with Crippen LogP contribution < -0.4 is 19.5 Å². The van der Waals surface area contributed by atoms with Crippen LogP contribution in [0.2, 0.25) is 0 Å². The van der Waals surface area contributed by atoms with Crippen molar-refractivity contribution < 1.29 is 27.4 Å². The summed E-state index contributed by atoms with van der Waals surface area (Å²) in [5.41, 5.74) is 1.92. The number of morpholine rings is 1. The first-order valence-electron chi connectivity index (χ1n) is 12.8. The highest BCUT2D eigenvalue weighted by Crippen LogP contribution is 2.41. The molecule has 4 aromatic rings. The number of hydrogen-bond acceptors (Lipinski definition) is 11. The van der Waals surface area contributed by atoms with Crippen LogP contribution >= 0.6 is 0 Å². The molecule has 0 unspecified atom stereocenters. The van der Waals surface area contributed by atoms with E-state index in [9.17, 15) is 8.42 Å². The van der Waals surface area contributed by atoms with Crippen molar-refractivity contribution in [3.05, 3.63) is 54.6 Å². The van der Waals surface area contributed by atoms with E-state index in [2.05, 4.69) is 20.2 Å². The van der Waals surface area contributed by atoms with Gasteiger partial charge in [-0.1, -0.05) is 12.1 Å². The van der Waals surface area contributed by atoms with Gasteiger partial charge in [0.15, 0.2) is 22.3 Å². The minimum absolute atomic E-state index is 0.0360. The van der Waals surface area contributed by atoms with Crippen LogP contribution in [0.15, 0.2) is 53.9 Å². The third kappa shape index (κ3) is 6.27. The molecule has 1 aliphatic rings. The average Bonchev–Trinajstić information content (AvgIpc) is 3.41. The van der Waals surface area contributed by atoms with Crippen molar-refractivity contribution in [1.29, 1.82) is 0 Å². The maximum absolute atomic E-state index is 13.3. The Morgan fingerprint density at radius 2 is 1.80 bits per heavy atom. The number of methoxy groups -OCH3 is 2. The maximum Gasteiger partial charge on any atom is 0.202 e. The summed E-state index contributed by atoms with van der Waals surface area (Å²) in [6.07, 6.45) is 2.91. The molecule has 1 fully saturated rings. The molecule has 2 aromatic heterocycles. The first kappa shape index (κ1) is 27.6. The number of benzene rings is 2. The molecule has 0 amide bonds. The van der Waals surface area contributed by atoms with Gasteiger partial charge in [0.05, 0.1) is 56.2 Å². The zero-order valence-corrected chi connectivity index (χ0v) is 23.5. The van der Waals surface area contributed by atoms with Crippen molar-refractivity contribution in [3.63, 3.8) is 0 Å². The monoisotopic (exact) mass is 568 g/mol. The summed E-state index contributed by atoms with van der Waals surface area (Å²) in [6.45, 7) is 4.19. The van der Waals surface area contributed by atoms with Crippen molar-refractivity contribution >= 4 is 32.4 Å². The summed E-state index contributed by atoms with van der Waals surface area (Å²) in [5, 5.41) is 3.23. The molecule has 0 atom stereocenters. The minimum Gasteiger partial charge on any atom is -0.497 e. The average molecular weight is 569 g/mol. The van der Waals surface area contributed by atoms with Crippen LogP contribution in [0.5, 0.6) is 17.2 Å². The number of sulfone groups is 1. The van der Waals surface area contributed by atoms with Gasteiger partial charge < -0.3 is 28.8 Å². The van der Waals surface area contributed by atoms with E-state index in [1.165, 1.54) is 12.5 Å².